The second-order valence-corrected chi connectivity index (χ2v) is 13.8. The highest BCUT2D eigenvalue weighted by Gasteiger charge is 2.29. The van der Waals surface area contributed by atoms with Crippen molar-refractivity contribution < 1.29 is 44.6 Å². The zero-order valence-corrected chi connectivity index (χ0v) is 28.3. The van der Waals surface area contributed by atoms with Crippen molar-refractivity contribution in [3.63, 3.8) is 0 Å². The van der Waals surface area contributed by atoms with Crippen molar-refractivity contribution >= 4 is 44.1 Å². The molecule has 0 saturated carbocycles. The number of aromatic nitrogens is 2. The number of alkyl halides is 3. The fourth-order valence-corrected chi connectivity index (χ4v) is 7.08. The minimum atomic E-state index is -4.40. The Bertz CT molecular complexity index is 2170. The summed E-state index contributed by atoms with van der Waals surface area (Å²) in [5, 5.41) is 0.321. The van der Waals surface area contributed by atoms with Crippen molar-refractivity contribution in [1.82, 2.24) is 19.4 Å². The number of rotatable bonds is 10. The van der Waals surface area contributed by atoms with Gasteiger partial charge in [0.1, 0.15) is 22.1 Å². The molecule has 3 aromatic carbocycles. The number of pyridine rings is 1. The largest absolute Gasteiger partial charge is 0.484 e. The molecule has 0 atom stereocenters. The van der Waals surface area contributed by atoms with Crippen LogP contribution in [0.25, 0.3) is 10.9 Å². The maximum atomic E-state index is 13.7. The van der Waals surface area contributed by atoms with E-state index in [1.54, 1.807) is 52.9 Å². The monoisotopic (exact) mass is 749 g/mol. The summed E-state index contributed by atoms with van der Waals surface area (Å²) in [6, 6.07) is 17.4. The Hall–Kier alpha value is -4.93. The molecule has 17 heteroatoms. The molecule has 6 rings (SSSR count). The highest BCUT2D eigenvalue weighted by atomic mass is 35.5. The topological polar surface area (TPSA) is 106 Å². The van der Waals surface area contributed by atoms with E-state index in [-0.39, 0.29) is 23.2 Å². The molecule has 1 N–H and O–H groups in total. The van der Waals surface area contributed by atoms with Gasteiger partial charge in [-0.15, -0.1) is 0 Å². The summed E-state index contributed by atoms with van der Waals surface area (Å²) in [6.45, 7) is 1.45. The lowest BCUT2D eigenvalue weighted by Crippen LogP contribution is -2.48. The highest BCUT2D eigenvalue weighted by molar-refractivity contribution is 7.92. The van der Waals surface area contributed by atoms with Crippen LogP contribution in [0.15, 0.2) is 83.9 Å². The van der Waals surface area contributed by atoms with E-state index in [1.165, 1.54) is 30.5 Å². The second-order valence-electron chi connectivity index (χ2n) is 11.7. The van der Waals surface area contributed by atoms with E-state index in [1.807, 2.05) is 0 Å². The molecule has 0 spiro atoms. The molecule has 51 heavy (non-hydrogen) atoms. The first kappa shape index (κ1) is 35.9. The van der Waals surface area contributed by atoms with Crippen LogP contribution in [0.5, 0.6) is 17.4 Å². The summed E-state index contributed by atoms with van der Waals surface area (Å²) < 4.78 is 104. The first-order valence-corrected chi connectivity index (χ1v) is 17.2. The number of piperazine rings is 1. The molecule has 0 unspecified atom stereocenters. The lowest BCUT2D eigenvalue weighted by molar-refractivity contribution is -0.153. The number of ether oxygens (including phenoxy) is 2. The molecule has 5 aromatic rings. The molecule has 1 aliphatic rings. The summed E-state index contributed by atoms with van der Waals surface area (Å²) in [4.78, 5) is 21.0. The van der Waals surface area contributed by atoms with Gasteiger partial charge in [-0.05, 0) is 54.1 Å². The number of halogens is 6. The van der Waals surface area contributed by atoms with Gasteiger partial charge in [0.2, 0.25) is 5.88 Å². The molecule has 10 nitrogen and oxygen atoms in total. The molecule has 1 amide bonds. The maximum absolute atomic E-state index is 13.7. The number of hydrogen-bond donors (Lipinski definition) is 1. The molecule has 268 valence electrons. The molecule has 1 saturated heterocycles. The first-order valence-electron chi connectivity index (χ1n) is 15.4. The summed E-state index contributed by atoms with van der Waals surface area (Å²) in [6.07, 6.45) is -3.22. The number of anilines is 1. The molecule has 0 aliphatic carbocycles. The van der Waals surface area contributed by atoms with Crippen LogP contribution < -0.4 is 14.2 Å². The van der Waals surface area contributed by atoms with Gasteiger partial charge in [0.15, 0.2) is 18.2 Å². The Labute approximate surface area is 294 Å². The van der Waals surface area contributed by atoms with E-state index in [2.05, 4.69) is 14.6 Å². The van der Waals surface area contributed by atoms with Crippen LogP contribution in [0.1, 0.15) is 16.1 Å². The third-order valence-corrected chi connectivity index (χ3v) is 9.95. The van der Waals surface area contributed by atoms with E-state index in [9.17, 15) is 35.2 Å². The number of sulfonamides is 1. The summed E-state index contributed by atoms with van der Waals surface area (Å²) in [7, 11) is -2.58. The summed E-state index contributed by atoms with van der Waals surface area (Å²) >= 11 is 5.82. The van der Waals surface area contributed by atoms with Crippen molar-refractivity contribution in [3.05, 3.63) is 107 Å². The molecule has 1 aliphatic heterocycles. The third-order valence-electron chi connectivity index (χ3n) is 8.10. The number of nitrogens with zero attached hydrogens (tertiary/aromatic N) is 4. The number of nitrogens with one attached hydrogen (secondary N) is 1. The van der Waals surface area contributed by atoms with E-state index in [0.29, 0.717) is 56.3 Å². The van der Waals surface area contributed by atoms with Gasteiger partial charge in [0, 0.05) is 57.3 Å². The number of hydrogen-bond acceptors (Lipinski definition) is 7. The van der Waals surface area contributed by atoms with Gasteiger partial charge in [-0.2, -0.15) is 13.2 Å². The average Bonchev–Trinajstić information content (AvgIpc) is 3.41. The Morgan fingerprint density at radius 2 is 1.61 bits per heavy atom. The van der Waals surface area contributed by atoms with Crippen molar-refractivity contribution in [2.75, 3.05) is 37.5 Å². The standard InChI is InChI=1S/C34H29ClF5N5O5S/c1-43-29-15-25(50-32-9-5-23(18-41-32)42-51(47,48)31-17-28(37)27(36)16-26(31)35)8-4-22(29)14-30(43)33(46)45-12-10-44(11-13-45)19-21-2-6-24(7-3-21)49-20-34(38,39)40/h2-9,14-18,42H,10-13,19-20H2,1H3. The normalized spacial score (nSPS) is 14.1. The second kappa shape index (κ2) is 14.4. The Balaban J connectivity index is 1.05. The Morgan fingerprint density at radius 1 is 0.922 bits per heavy atom. The van der Waals surface area contributed by atoms with Crippen LogP contribution in [-0.4, -0.2) is 72.6 Å². The number of carbonyl (C=O) groups excluding carboxylic acids is 1. The first-order chi connectivity index (χ1) is 24.1. The van der Waals surface area contributed by atoms with Crippen molar-refractivity contribution in [3.8, 4) is 17.4 Å². The minimum absolute atomic E-state index is 0.0251. The lowest BCUT2D eigenvalue weighted by Gasteiger charge is -2.34. The average molecular weight is 750 g/mol. The van der Waals surface area contributed by atoms with Gasteiger partial charge < -0.3 is 18.9 Å². The fraction of sp³-hybridized carbons (Fsp3) is 0.235. The molecule has 0 radical (unpaired) electrons. The molecular weight excluding hydrogens is 721 g/mol. The highest BCUT2D eigenvalue weighted by Crippen LogP contribution is 2.30. The van der Waals surface area contributed by atoms with E-state index >= 15 is 0 Å². The van der Waals surface area contributed by atoms with Crippen LogP contribution in [-0.2, 0) is 23.6 Å². The molecular formula is C34H29ClF5N5O5S. The molecule has 3 heterocycles. The predicted octanol–water partition coefficient (Wildman–Crippen LogP) is 7.00. The van der Waals surface area contributed by atoms with E-state index in [0.717, 1.165) is 16.5 Å². The summed E-state index contributed by atoms with van der Waals surface area (Å²) in [5.74, 6) is -2.09. The summed E-state index contributed by atoms with van der Waals surface area (Å²) in [5.41, 5.74) is 2.16. The van der Waals surface area contributed by atoms with Crippen LogP contribution in [0.4, 0.5) is 27.6 Å². The smallest absolute Gasteiger partial charge is 0.422 e. The molecule has 0 bridgehead atoms. The fourth-order valence-electron chi connectivity index (χ4n) is 5.51. The Kier molecular flexibility index (Phi) is 10.1. The number of fused-ring (bicyclic) bond motifs is 1. The molecule has 2 aromatic heterocycles. The van der Waals surface area contributed by atoms with Crippen LogP contribution >= 0.6 is 11.6 Å². The van der Waals surface area contributed by atoms with Crippen LogP contribution in [0.3, 0.4) is 0 Å². The number of benzene rings is 3. The van der Waals surface area contributed by atoms with Gasteiger partial charge in [-0.1, -0.05) is 23.7 Å². The maximum Gasteiger partial charge on any atom is 0.422 e. The van der Waals surface area contributed by atoms with Crippen molar-refractivity contribution in [1.29, 1.82) is 0 Å². The van der Waals surface area contributed by atoms with E-state index < -0.39 is 44.4 Å². The minimum Gasteiger partial charge on any atom is -0.484 e. The third kappa shape index (κ3) is 8.52. The number of amides is 1. The van der Waals surface area contributed by atoms with Gasteiger partial charge in [0.05, 0.1) is 22.4 Å². The van der Waals surface area contributed by atoms with Crippen LogP contribution in [0.2, 0.25) is 5.02 Å². The van der Waals surface area contributed by atoms with Crippen molar-refractivity contribution in [2.45, 2.75) is 17.6 Å². The SMILES string of the molecule is Cn1c(C(=O)N2CCN(Cc3ccc(OCC(F)(F)F)cc3)CC2)cc2ccc(Oc3ccc(NS(=O)(=O)c4cc(F)c(F)cc4Cl)cn3)cc21. The van der Waals surface area contributed by atoms with Gasteiger partial charge in [-0.3, -0.25) is 14.4 Å². The van der Waals surface area contributed by atoms with Crippen molar-refractivity contribution in [2.24, 2.45) is 7.05 Å². The van der Waals surface area contributed by atoms with E-state index in [4.69, 9.17) is 21.1 Å². The predicted molar refractivity (Wildman–Crippen MR) is 179 cm³/mol. The quantitative estimate of drug-likeness (QED) is 0.121. The number of aryl methyl sites for hydroxylation is 1. The van der Waals surface area contributed by atoms with Gasteiger partial charge >= 0.3 is 6.18 Å². The molecule has 1 fully saturated rings. The zero-order valence-electron chi connectivity index (χ0n) is 26.8. The number of carbonyl (C=O) groups is 1. The van der Waals surface area contributed by atoms with Gasteiger partial charge in [-0.25, -0.2) is 22.2 Å². The lowest BCUT2D eigenvalue weighted by atomic mass is 10.2. The zero-order chi connectivity index (χ0) is 36.5. The van der Waals surface area contributed by atoms with Crippen LogP contribution in [0, 0.1) is 11.6 Å². The Morgan fingerprint density at radius 3 is 2.27 bits per heavy atom. The van der Waals surface area contributed by atoms with Gasteiger partial charge in [0.25, 0.3) is 15.9 Å².